The zero-order valence-corrected chi connectivity index (χ0v) is 17.1. The van der Waals surface area contributed by atoms with Gasteiger partial charge < -0.3 is 15.5 Å². The SMILES string of the molecule is CCNC(=NCC1CCN(CC)C1)NCCc1cccc(F)c1.I. The molecule has 0 aliphatic carbocycles. The van der Waals surface area contributed by atoms with Crippen LogP contribution in [0.15, 0.2) is 29.3 Å². The van der Waals surface area contributed by atoms with E-state index in [0.717, 1.165) is 50.7 Å². The lowest BCUT2D eigenvalue weighted by atomic mass is 10.1. The van der Waals surface area contributed by atoms with E-state index in [0.29, 0.717) is 5.92 Å². The maximum atomic E-state index is 13.2. The predicted molar refractivity (Wildman–Crippen MR) is 110 cm³/mol. The topological polar surface area (TPSA) is 39.7 Å². The van der Waals surface area contributed by atoms with Gasteiger partial charge in [-0.25, -0.2) is 4.39 Å². The van der Waals surface area contributed by atoms with Crippen LogP contribution < -0.4 is 10.6 Å². The minimum absolute atomic E-state index is 0. The van der Waals surface area contributed by atoms with Crippen LogP contribution in [0.25, 0.3) is 0 Å². The molecule has 1 aliphatic heterocycles. The first kappa shape index (κ1) is 21.2. The van der Waals surface area contributed by atoms with E-state index >= 15 is 0 Å². The van der Waals surface area contributed by atoms with E-state index < -0.39 is 0 Å². The lowest BCUT2D eigenvalue weighted by Crippen LogP contribution is -2.38. The average Bonchev–Trinajstić information content (AvgIpc) is 3.01. The molecule has 1 atom stereocenters. The van der Waals surface area contributed by atoms with Gasteiger partial charge in [0.15, 0.2) is 5.96 Å². The zero-order chi connectivity index (χ0) is 16.5. The van der Waals surface area contributed by atoms with Crippen LogP contribution in [-0.4, -0.2) is 50.1 Å². The summed E-state index contributed by atoms with van der Waals surface area (Å²) in [5.74, 6) is 1.34. The number of nitrogens with one attached hydrogen (secondary N) is 2. The van der Waals surface area contributed by atoms with Crippen molar-refractivity contribution in [3.05, 3.63) is 35.6 Å². The van der Waals surface area contributed by atoms with Gasteiger partial charge in [-0.2, -0.15) is 0 Å². The van der Waals surface area contributed by atoms with Gasteiger partial charge in [-0.3, -0.25) is 4.99 Å². The third-order valence-corrected chi connectivity index (χ3v) is 4.26. The Bertz CT molecular complexity index is 510. The molecule has 0 spiro atoms. The highest BCUT2D eigenvalue weighted by atomic mass is 127. The molecule has 136 valence electrons. The largest absolute Gasteiger partial charge is 0.357 e. The van der Waals surface area contributed by atoms with Crippen LogP contribution in [0.4, 0.5) is 4.39 Å². The molecule has 0 radical (unpaired) electrons. The normalized spacial score (nSPS) is 18.3. The summed E-state index contributed by atoms with van der Waals surface area (Å²) >= 11 is 0. The van der Waals surface area contributed by atoms with Crippen LogP contribution in [0.1, 0.15) is 25.8 Å². The summed E-state index contributed by atoms with van der Waals surface area (Å²) in [5, 5.41) is 6.62. The van der Waals surface area contributed by atoms with Crippen molar-refractivity contribution in [1.29, 1.82) is 0 Å². The molecule has 1 aromatic rings. The van der Waals surface area contributed by atoms with Crippen molar-refractivity contribution >= 4 is 29.9 Å². The number of nitrogens with zero attached hydrogens (tertiary/aromatic N) is 2. The van der Waals surface area contributed by atoms with Crippen molar-refractivity contribution < 1.29 is 4.39 Å². The van der Waals surface area contributed by atoms with Gasteiger partial charge >= 0.3 is 0 Å². The van der Waals surface area contributed by atoms with E-state index in [4.69, 9.17) is 4.99 Å². The maximum Gasteiger partial charge on any atom is 0.191 e. The molecule has 1 aromatic carbocycles. The van der Waals surface area contributed by atoms with Crippen LogP contribution in [0.2, 0.25) is 0 Å². The highest BCUT2D eigenvalue weighted by Gasteiger charge is 2.20. The van der Waals surface area contributed by atoms with E-state index in [9.17, 15) is 4.39 Å². The van der Waals surface area contributed by atoms with Crippen molar-refractivity contribution in [2.24, 2.45) is 10.9 Å². The minimum atomic E-state index is -0.176. The number of aliphatic imine (C=N–C) groups is 1. The Hall–Kier alpha value is -0.890. The molecule has 1 saturated heterocycles. The Morgan fingerprint density at radius 3 is 2.83 bits per heavy atom. The molecule has 1 heterocycles. The molecule has 2 N–H and O–H groups in total. The van der Waals surface area contributed by atoms with Gasteiger partial charge in [-0.05, 0) is 56.5 Å². The third kappa shape index (κ3) is 7.34. The molecule has 2 rings (SSSR count). The summed E-state index contributed by atoms with van der Waals surface area (Å²) in [5.41, 5.74) is 1.00. The van der Waals surface area contributed by atoms with Gasteiger partial charge in [0.05, 0.1) is 0 Å². The lowest BCUT2D eigenvalue weighted by Gasteiger charge is -2.14. The zero-order valence-electron chi connectivity index (χ0n) is 14.7. The number of hydrogen-bond donors (Lipinski definition) is 2. The van der Waals surface area contributed by atoms with Gasteiger partial charge in [-0.1, -0.05) is 19.1 Å². The molecule has 1 unspecified atom stereocenters. The molecular formula is C18H30FIN4. The molecule has 0 amide bonds. The second kappa shape index (κ2) is 11.6. The molecule has 6 heteroatoms. The second-order valence-corrected chi connectivity index (χ2v) is 6.07. The molecule has 0 saturated carbocycles. The summed E-state index contributed by atoms with van der Waals surface area (Å²) in [6, 6.07) is 6.77. The summed E-state index contributed by atoms with van der Waals surface area (Å²) in [7, 11) is 0. The average molecular weight is 448 g/mol. The van der Waals surface area contributed by atoms with Gasteiger partial charge in [0.1, 0.15) is 5.82 Å². The van der Waals surface area contributed by atoms with Gasteiger partial charge in [-0.15, -0.1) is 24.0 Å². The summed E-state index contributed by atoms with van der Waals surface area (Å²) in [4.78, 5) is 7.18. The smallest absolute Gasteiger partial charge is 0.191 e. The molecule has 4 nitrogen and oxygen atoms in total. The molecule has 0 aromatic heterocycles. The fraction of sp³-hybridized carbons (Fsp3) is 0.611. The first-order valence-electron chi connectivity index (χ1n) is 8.70. The maximum absolute atomic E-state index is 13.2. The van der Waals surface area contributed by atoms with Crippen LogP contribution in [0, 0.1) is 11.7 Å². The number of rotatable bonds is 7. The van der Waals surface area contributed by atoms with Gasteiger partial charge in [0.2, 0.25) is 0 Å². The van der Waals surface area contributed by atoms with Crippen LogP contribution in [0.3, 0.4) is 0 Å². The van der Waals surface area contributed by atoms with E-state index in [2.05, 4.69) is 29.4 Å². The molecule has 1 fully saturated rings. The Morgan fingerprint density at radius 1 is 1.33 bits per heavy atom. The highest BCUT2D eigenvalue weighted by molar-refractivity contribution is 14.0. The first-order chi connectivity index (χ1) is 11.2. The standard InChI is InChI=1S/C18H29FN4.HI/c1-3-20-18(22-13-16-9-11-23(4-2)14-16)21-10-8-15-6-5-7-17(19)12-15;/h5-7,12,16H,3-4,8-11,13-14H2,1-2H3,(H2,20,21,22);1H. The highest BCUT2D eigenvalue weighted by Crippen LogP contribution is 2.15. The van der Waals surface area contributed by atoms with Gasteiger partial charge in [0.25, 0.3) is 0 Å². The lowest BCUT2D eigenvalue weighted by molar-refractivity contribution is 0.343. The van der Waals surface area contributed by atoms with E-state index in [1.165, 1.54) is 19.0 Å². The van der Waals surface area contributed by atoms with E-state index in [-0.39, 0.29) is 29.8 Å². The number of benzene rings is 1. The second-order valence-electron chi connectivity index (χ2n) is 6.07. The van der Waals surface area contributed by atoms with Crippen molar-refractivity contribution in [3.63, 3.8) is 0 Å². The van der Waals surface area contributed by atoms with Crippen molar-refractivity contribution in [1.82, 2.24) is 15.5 Å². The quantitative estimate of drug-likeness (QED) is 0.383. The van der Waals surface area contributed by atoms with E-state index in [1.807, 2.05) is 6.07 Å². The molecular weight excluding hydrogens is 418 g/mol. The number of likely N-dealkylation sites (tertiary alicyclic amines) is 1. The Kier molecular flexibility index (Phi) is 10.2. The Labute approximate surface area is 162 Å². The molecule has 24 heavy (non-hydrogen) atoms. The van der Waals surface area contributed by atoms with Crippen LogP contribution in [0.5, 0.6) is 0 Å². The molecule has 0 bridgehead atoms. The minimum Gasteiger partial charge on any atom is -0.357 e. The van der Waals surface area contributed by atoms with E-state index in [1.54, 1.807) is 12.1 Å². The summed E-state index contributed by atoms with van der Waals surface area (Å²) < 4.78 is 13.2. The first-order valence-corrected chi connectivity index (χ1v) is 8.70. The predicted octanol–water partition coefficient (Wildman–Crippen LogP) is 2.88. The Balaban J connectivity index is 0.00000288. The Morgan fingerprint density at radius 2 is 2.17 bits per heavy atom. The molecule has 1 aliphatic rings. The summed E-state index contributed by atoms with van der Waals surface area (Å²) in [6.45, 7) is 10.2. The fourth-order valence-corrected chi connectivity index (χ4v) is 2.93. The number of guanidine groups is 1. The fourth-order valence-electron chi connectivity index (χ4n) is 2.93. The van der Waals surface area contributed by atoms with Gasteiger partial charge in [0, 0.05) is 26.2 Å². The monoisotopic (exact) mass is 448 g/mol. The van der Waals surface area contributed by atoms with Crippen molar-refractivity contribution in [2.75, 3.05) is 39.3 Å². The van der Waals surface area contributed by atoms with Crippen molar-refractivity contribution in [3.8, 4) is 0 Å². The van der Waals surface area contributed by atoms with Crippen molar-refractivity contribution in [2.45, 2.75) is 26.7 Å². The number of hydrogen-bond acceptors (Lipinski definition) is 2. The van der Waals surface area contributed by atoms with Crippen LogP contribution >= 0.6 is 24.0 Å². The summed E-state index contributed by atoms with van der Waals surface area (Å²) in [6.07, 6.45) is 2.02. The number of halogens is 2. The third-order valence-electron chi connectivity index (χ3n) is 4.26. The van der Waals surface area contributed by atoms with Crippen LogP contribution in [-0.2, 0) is 6.42 Å².